The Labute approximate surface area is 169 Å². The third-order valence-electron chi connectivity index (χ3n) is 4.49. The van der Waals surface area contributed by atoms with Gasteiger partial charge in [-0.2, -0.15) is 8.78 Å². The molecule has 0 radical (unpaired) electrons. The van der Waals surface area contributed by atoms with E-state index in [1.54, 1.807) is 12.1 Å². The van der Waals surface area contributed by atoms with Crippen LogP contribution in [0.15, 0.2) is 35.9 Å². The van der Waals surface area contributed by atoms with Gasteiger partial charge in [0.2, 0.25) is 0 Å². The fourth-order valence-corrected chi connectivity index (χ4v) is 2.52. The summed E-state index contributed by atoms with van der Waals surface area (Å²) in [7, 11) is 1.97. The van der Waals surface area contributed by atoms with E-state index < -0.39 is 6.11 Å². The number of rotatable bonds is 6. The highest BCUT2D eigenvalue weighted by Gasteiger charge is 2.31. The first-order valence-corrected chi connectivity index (χ1v) is 10.0. The molecule has 0 spiro atoms. The second-order valence-corrected chi connectivity index (χ2v) is 7.31. The van der Waals surface area contributed by atoms with Gasteiger partial charge in [-0.25, -0.2) is 0 Å². The van der Waals surface area contributed by atoms with E-state index in [0.29, 0.717) is 30.6 Å². The standard InChI is InChI=1S/C12H21NO.C9H10F2O.C2H6/c1-8(2)9(3)5-12(13-4)10-6-11(14)7-10;1-7-3-5-8(6-4-7)12-9(2,10)11;1-2/h5,8,10,12-13H,6-7H2,1-4H3;3-6H,1-2H3;1-2H3/b9-5-;;. The zero-order valence-electron chi connectivity index (χ0n) is 18.6. The van der Waals surface area contributed by atoms with E-state index >= 15 is 0 Å². The molecule has 1 fully saturated rings. The summed E-state index contributed by atoms with van der Waals surface area (Å²) in [5, 5.41) is 3.28. The largest absolute Gasteiger partial charge is 0.433 e. The summed E-state index contributed by atoms with van der Waals surface area (Å²) >= 11 is 0. The quantitative estimate of drug-likeness (QED) is 0.584. The number of halogens is 2. The molecule has 2 rings (SSSR count). The predicted molar refractivity (Wildman–Crippen MR) is 113 cm³/mol. The molecule has 1 aromatic rings. The van der Waals surface area contributed by atoms with Crippen LogP contribution in [0.1, 0.15) is 59.9 Å². The minimum absolute atomic E-state index is 0.188. The van der Waals surface area contributed by atoms with Crippen LogP contribution >= 0.6 is 0 Å². The van der Waals surface area contributed by atoms with Crippen LogP contribution < -0.4 is 10.1 Å². The van der Waals surface area contributed by atoms with Gasteiger partial charge in [-0.3, -0.25) is 4.79 Å². The van der Waals surface area contributed by atoms with Crippen LogP contribution in [-0.2, 0) is 4.79 Å². The summed E-state index contributed by atoms with van der Waals surface area (Å²) in [5.74, 6) is 1.72. The van der Waals surface area contributed by atoms with Gasteiger partial charge in [0.1, 0.15) is 11.5 Å². The lowest BCUT2D eigenvalue weighted by Crippen LogP contribution is -2.40. The third kappa shape index (κ3) is 10.5. The van der Waals surface area contributed by atoms with Gasteiger partial charge in [0.15, 0.2) is 0 Å². The Kier molecular flexibility index (Phi) is 11.9. The zero-order valence-corrected chi connectivity index (χ0v) is 18.6. The molecule has 0 heterocycles. The van der Waals surface area contributed by atoms with Crippen LogP contribution in [0.4, 0.5) is 8.78 Å². The molecule has 160 valence electrons. The van der Waals surface area contributed by atoms with Crippen molar-refractivity contribution in [2.75, 3.05) is 7.05 Å². The topological polar surface area (TPSA) is 38.3 Å². The van der Waals surface area contributed by atoms with E-state index in [-0.39, 0.29) is 5.75 Å². The zero-order chi connectivity index (χ0) is 21.9. The maximum absolute atomic E-state index is 12.3. The van der Waals surface area contributed by atoms with Crippen molar-refractivity contribution in [3.63, 3.8) is 0 Å². The van der Waals surface area contributed by atoms with E-state index in [1.807, 2.05) is 27.8 Å². The van der Waals surface area contributed by atoms with Gasteiger partial charge < -0.3 is 10.1 Å². The number of carbonyl (C=O) groups excluding carboxylic acids is 1. The van der Waals surface area contributed by atoms with Crippen molar-refractivity contribution in [1.82, 2.24) is 5.32 Å². The lowest BCUT2D eigenvalue weighted by Gasteiger charge is -2.31. The fourth-order valence-electron chi connectivity index (χ4n) is 2.52. The van der Waals surface area contributed by atoms with Crippen molar-refractivity contribution in [1.29, 1.82) is 0 Å². The molecule has 0 bridgehead atoms. The number of Topliss-reactive ketones (excluding diaryl/α,β-unsaturated/α-hetero) is 1. The Morgan fingerprint density at radius 3 is 2.07 bits per heavy atom. The van der Waals surface area contributed by atoms with Gasteiger partial charge in [0.25, 0.3) is 0 Å². The average molecular weight is 398 g/mol. The highest BCUT2D eigenvalue weighted by Crippen LogP contribution is 2.28. The second kappa shape index (κ2) is 12.7. The molecule has 1 aliphatic rings. The lowest BCUT2D eigenvalue weighted by atomic mass is 9.77. The minimum Gasteiger partial charge on any atom is -0.433 e. The maximum atomic E-state index is 12.3. The van der Waals surface area contributed by atoms with Crippen molar-refractivity contribution in [2.24, 2.45) is 11.8 Å². The number of allylic oxidation sites excluding steroid dienone is 1. The summed E-state index contributed by atoms with van der Waals surface area (Å²) in [5.41, 5.74) is 2.42. The number of alkyl halides is 2. The second-order valence-electron chi connectivity index (χ2n) is 7.31. The molecule has 0 aliphatic heterocycles. The summed E-state index contributed by atoms with van der Waals surface area (Å²) in [6.45, 7) is 13.2. The molecule has 0 aromatic heterocycles. The molecule has 3 nitrogen and oxygen atoms in total. The van der Waals surface area contributed by atoms with E-state index in [2.05, 4.69) is 36.9 Å². The smallest absolute Gasteiger partial charge is 0.394 e. The Hall–Kier alpha value is -1.75. The van der Waals surface area contributed by atoms with Crippen molar-refractivity contribution in [3.05, 3.63) is 41.5 Å². The summed E-state index contributed by atoms with van der Waals surface area (Å²) < 4.78 is 28.9. The number of benzene rings is 1. The fraction of sp³-hybridized carbons (Fsp3) is 0.609. The molecular weight excluding hydrogens is 360 g/mol. The number of hydrogen-bond donors (Lipinski definition) is 1. The first-order chi connectivity index (χ1) is 13.0. The van der Waals surface area contributed by atoms with Gasteiger partial charge in [-0.15, -0.1) is 0 Å². The number of nitrogens with one attached hydrogen (secondary N) is 1. The van der Waals surface area contributed by atoms with E-state index in [4.69, 9.17) is 0 Å². The molecule has 5 heteroatoms. The molecule has 0 amide bonds. The summed E-state index contributed by atoms with van der Waals surface area (Å²) in [4.78, 5) is 10.9. The summed E-state index contributed by atoms with van der Waals surface area (Å²) in [6, 6.07) is 6.87. The van der Waals surface area contributed by atoms with Gasteiger partial charge in [0, 0.05) is 25.8 Å². The Balaban J connectivity index is 0.000000483. The van der Waals surface area contributed by atoms with Crippen LogP contribution in [-0.4, -0.2) is 25.0 Å². The Morgan fingerprint density at radius 1 is 1.21 bits per heavy atom. The number of hydrogen-bond acceptors (Lipinski definition) is 3. The van der Waals surface area contributed by atoms with Crippen LogP contribution in [0.25, 0.3) is 0 Å². The highest BCUT2D eigenvalue weighted by molar-refractivity contribution is 5.84. The van der Waals surface area contributed by atoms with Gasteiger partial charge in [0.05, 0.1) is 0 Å². The van der Waals surface area contributed by atoms with Crippen LogP contribution in [0.2, 0.25) is 0 Å². The monoisotopic (exact) mass is 397 g/mol. The third-order valence-corrected chi connectivity index (χ3v) is 4.49. The highest BCUT2D eigenvalue weighted by atomic mass is 19.3. The van der Waals surface area contributed by atoms with Gasteiger partial charge >= 0.3 is 6.11 Å². The van der Waals surface area contributed by atoms with Crippen LogP contribution in [0.3, 0.4) is 0 Å². The number of carbonyl (C=O) groups is 1. The van der Waals surface area contributed by atoms with Crippen molar-refractivity contribution in [3.8, 4) is 5.75 Å². The molecular formula is C23H37F2NO2. The molecule has 1 N–H and O–H groups in total. The molecule has 1 saturated carbocycles. The predicted octanol–water partition coefficient (Wildman–Crippen LogP) is 6.17. The van der Waals surface area contributed by atoms with E-state index in [9.17, 15) is 13.6 Å². The summed E-state index contributed by atoms with van der Waals surface area (Å²) in [6.07, 6.45) is 0.692. The number of ether oxygens (including phenoxy) is 1. The number of ketones is 1. The van der Waals surface area contributed by atoms with Crippen molar-refractivity contribution >= 4 is 5.78 Å². The first-order valence-electron chi connectivity index (χ1n) is 10.0. The number of likely N-dealkylation sites (N-methyl/N-ethyl adjacent to an activating group) is 1. The van der Waals surface area contributed by atoms with Crippen LogP contribution in [0, 0.1) is 18.8 Å². The molecule has 28 heavy (non-hydrogen) atoms. The maximum Gasteiger partial charge on any atom is 0.394 e. The molecule has 1 atom stereocenters. The average Bonchev–Trinajstić information content (AvgIpc) is 2.60. The molecule has 0 saturated heterocycles. The van der Waals surface area contributed by atoms with Crippen LogP contribution in [0.5, 0.6) is 5.75 Å². The van der Waals surface area contributed by atoms with E-state index in [0.717, 1.165) is 18.4 Å². The SMILES string of the molecule is CC.CNC(/C=C(/C)C(C)C)C1CC(=O)C1.Cc1ccc(OC(C)(F)F)cc1. The minimum atomic E-state index is -3.10. The number of aryl methyl sites for hydroxylation is 1. The molecule has 1 aliphatic carbocycles. The molecule has 1 unspecified atom stereocenters. The first kappa shape index (κ1) is 26.2. The lowest BCUT2D eigenvalue weighted by molar-refractivity contribution is -0.158. The van der Waals surface area contributed by atoms with Crippen molar-refractivity contribution in [2.45, 2.75) is 73.5 Å². The van der Waals surface area contributed by atoms with E-state index in [1.165, 1.54) is 17.7 Å². The van der Waals surface area contributed by atoms with Crippen molar-refractivity contribution < 1.29 is 18.3 Å². The normalized spacial score (nSPS) is 15.7. The van der Waals surface area contributed by atoms with Gasteiger partial charge in [-0.1, -0.05) is 57.0 Å². The Bertz CT molecular complexity index is 596. The molecule has 1 aromatic carbocycles. The Morgan fingerprint density at radius 2 is 1.71 bits per heavy atom. The van der Waals surface area contributed by atoms with Gasteiger partial charge in [-0.05, 0) is 44.9 Å².